The summed E-state index contributed by atoms with van der Waals surface area (Å²) in [5, 5.41) is 12.9. The zero-order valence-corrected chi connectivity index (χ0v) is 16.3. The lowest BCUT2D eigenvalue weighted by Crippen LogP contribution is -2.41. The fraction of sp³-hybridized carbons (Fsp3) is 0.400. The molecule has 0 saturated heterocycles. The molecule has 7 nitrogen and oxygen atoms in total. The molecule has 1 amide bonds. The number of amides is 1. The summed E-state index contributed by atoms with van der Waals surface area (Å²) in [5.74, 6) is -1.15. The number of amidine groups is 1. The van der Waals surface area contributed by atoms with E-state index in [1.165, 1.54) is 0 Å². The van der Waals surface area contributed by atoms with E-state index in [0.29, 0.717) is 11.6 Å². The van der Waals surface area contributed by atoms with Crippen LogP contribution in [0.2, 0.25) is 0 Å². The van der Waals surface area contributed by atoms with Crippen molar-refractivity contribution < 1.29 is 14.7 Å². The van der Waals surface area contributed by atoms with Gasteiger partial charge in [0, 0.05) is 5.39 Å². The van der Waals surface area contributed by atoms with Gasteiger partial charge in [0.1, 0.15) is 11.2 Å². The van der Waals surface area contributed by atoms with Gasteiger partial charge in [-0.25, -0.2) is 14.8 Å². The topological polar surface area (TPSA) is 118 Å². The number of nitrogens with zero attached hydrogens (tertiary/aromatic N) is 2. The maximum absolute atomic E-state index is 12.3. The van der Waals surface area contributed by atoms with E-state index in [1.54, 1.807) is 25.1 Å². The number of nitrogens with two attached hydrogens (primary N) is 1. The number of para-hydroxylation sites is 1. The molecule has 2 heterocycles. The Morgan fingerprint density at radius 3 is 2.33 bits per heavy atom. The summed E-state index contributed by atoms with van der Waals surface area (Å²) in [6, 6.07) is 9.13. The number of carbonyl (C=O) groups is 2. The van der Waals surface area contributed by atoms with Gasteiger partial charge in [0.05, 0.1) is 11.1 Å². The quantitative estimate of drug-likeness (QED) is 0.767. The van der Waals surface area contributed by atoms with Crippen LogP contribution in [-0.2, 0) is 4.79 Å². The first-order chi connectivity index (χ1) is 12.6. The highest BCUT2D eigenvalue weighted by atomic mass is 16.4. The minimum atomic E-state index is -1.10. The molecule has 0 spiro atoms. The van der Waals surface area contributed by atoms with Gasteiger partial charge in [-0.2, -0.15) is 0 Å². The number of hydrogen-bond acceptors (Lipinski definition) is 5. The van der Waals surface area contributed by atoms with Crippen LogP contribution in [0, 0.1) is 5.92 Å². The van der Waals surface area contributed by atoms with Crippen LogP contribution in [0.1, 0.15) is 50.7 Å². The lowest BCUT2D eigenvalue weighted by Gasteiger charge is -2.21. The number of hydrogen-bond donors (Lipinski definition) is 3. The van der Waals surface area contributed by atoms with Crippen molar-refractivity contribution in [2.45, 2.75) is 46.2 Å². The van der Waals surface area contributed by atoms with Gasteiger partial charge in [0.2, 0.25) is 0 Å². The van der Waals surface area contributed by atoms with Crippen LogP contribution < -0.4 is 11.1 Å². The number of carboxylic acids is 1. The molecule has 4 N–H and O–H groups in total. The third-order valence-electron chi connectivity index (χ3n) is 4.34. The van der Waals surface area contributed by atoms with Gasteiger partial charge in [-0.05, 0) is 31.0 Å². The SMILES string of the molecule is CC(C)C1(C)N=C(c2nc3ccccc3cc2C(=O)O)NC1=O.CC(C)N. The number of aromatic nitrogens is 1. The Bertz CT molecular complexity index is 902. The molecule has 0 radical (unpaired) electrons. The summed E-state index contributed by atoms with van der Waals surface area (Å²) < 4.78 is 0. The predicted molar refractivity (Wildman–Crippen MR) is 106 cm³/mol. The van der Waals surface area contributed by atoms with Gasteiger partial charge in [0.15, 0.2) is 5.84 Å². The van der Waals surface area contributed by atoms with Gasteiger partial charge >= 0.3 is 5.97 Å². The zero-order chi connectivity index (χ0) is 20.4. The Labute approximate surface area is 158 Å². The van der Waals surface area contributed by atoms with Crippen LogP contribution in [0.5, 0.6) is 0 Å². The van der Waals surface area contributed by atoms with Crippen molar-refractivity contribution in [1.82, 2.24) is 10.3 Å². The Kier molecular flexibility index (Phi) is 5.95. The predicted octanol–water partition coefficient (Wildman–Crippen LogP) is 2.58. The van der Waals surface area contributed by atoms with Gasteiger partial charge in [0.25, 0.3) is 5.91 Å². The first-order valence-electron chi connectivity index (χ1n) is 8.86. The highest BCUT2D eigenvalue weighted by Gasteiger charge is 2.43. The summed E-state index contributed by atoms with van der Waals surface area (Å²) in [6.45, 7) is 9.43. The first-order valence-corrected chi connectivity index (χ1v) is 8.86. The van der Waals surface area contributed by atoms with E-state index >= 15 is 0 Å². The summed E-state index contributed by atoms with van der Waals surface area (Å²) >= 11 is 0. The number of aromatic carboxylic acids is 1. The number of benzene rings is 1. The molecule has 1 aliphatic rings. The Morgan fingerprint density at radius 2 is 1.81 bits per heavy atom. The van der Waals surface area contributed by atoms with Crippen molar-refractivity contribution in [2.75, 3.05) is 0 Å². The molecule has 0 aliphatic carbocycles. The fourth-order valence-electron chi connectivity index (χ4n) is 2.51. The van der Waals surface area contributed by atoms with Crippen molar-refractivity contribution in [1.29, 1.82) is 0 Å². The summed E-state index contributed by atoms with van der Waals surface area (Å²) in [5.41, 5.74) is 5.06. The molecule has 0 saturated carbocycles. The molecular weight excluding hydrogens is 344 g/mol. The molecule has 0 bridgehead atoms. The normalized spacial score (nSPS) is 19.0. The van der Waals surface area contributed by atoms with E-state index in [2.05, 4.69) is 15.3 Å². The van der Waals surface area contributed by atoms with Crippen LogP contribution in [0.4, 0.5) is 0 Å². The number of pyridine rings is 1. The molecule has 1 aromatic heterocycles. The second-order valence-electron chi connectivity index (χ2n) is 7.34. The minimum absolute atomic E-state index is 0.0197. The number of fused-ring (bicyclic) bond motifs is 1. The van der Waals surface area contributed by atoms with Crippen molar-refractivity contribution in [2.24, 2.45) is 16.6 Å². The summed E-state index contributed by atoms with van der Waals surface area (Å²) in [4.78, 5) is 32.7. The lowest BCUT2D eigenvalue weighted by molar-refractivity contribution is -0.124. The second-order valence-corrected chi connectivity index (χ2v) is 7.34. The molecule has 27 heavy (non-hydrogen) atoms. The molecule has 1 aromatic carbocycles. The molecule has 7 heteroatoms. The van der Waals surface area contributed by atoms with Crippen LogP contribution in [-0.4, -0.2) is 39.4 Å². The number of nitrogens with one attached hydrogen (secondary N) is 1. The van der Waals surface area contributed by atoms with Crippen molar-refractivity contribution >= 4 is 28.6 Å². The van der Waals surface area contributed by atoms with E-state index in [9.17, 15) is 14.7 Å². The van der Waals surface area contributed by atoms with Gasteiger partial charge < -0.3 is 16.2 Å². The first kappa shape index (κ1) is 20.5. The van der Waals surface area contributed by atoms with Crippen molar-refractivity contribution in [3.8, 4) is 0 Å². The molecule has 0 fully saturated rings. The maximum Gasteiger partial charge on any atom is 0.338 e. The Morgan fingerprint density at radius 1 is 1.22 bits per heavy atom. The molecule has 1 aliphatic heterocycles. The number of rotatable bonds is 3. The van der Waals surface area contributed by atoms with E-state index in [1.807, 2.05) is 39.8 Å². The standard InChI is InChI=1S/C17H17N3O3.C3H9N/c1-9(2)17(3)16(23)19-14(20-17)13-11(15(21)22)8-10-6-4-5-7-12(10)18-13;1-3(2)4/h4-9H,1-3H3,(H,21,22)(H,19,20,23);3H,4H2,1-2H3. The van der Waals surface area contributed by atoms with Gasteiger partial charge in [-0.3, -0.25) is 4.79 Å². The Balaban J connectivity index is 0.000000596. The van der Waals surface area contributed by atoms with Crippen LogP contribution >= 0.6 is 0 Å². The third-order valence-corrected chi connectivity index (χ3v) is 4.34. The van der Waals surface area contributed by atoms with Crippen molar-refractivity contribution in [3.63, 3.8) is 0 Å². The van der Waals surface area contributed by atoms with E-state index in [4.69, 9.17) is 5.73 Å². The van der Waals surface area contributed by atoms with E-state index in [-0.39, 0.29) is 28.9 Å². The van der Waals surface area contributed by atoms with Crippen molar-refractivity contribution in [3.05, 3.63) is 41.6 Å². The average Bonchev–Trinajstić information content (AvgIpc) is 2.89. The highest BCUT2D eigenvalue weighted by molar-refractivity contribution is 6.18. The lowest BCUT2D eigenvalue weighted by atomic mass is 9.89. The smallest absolute Gasteiger partial charge is 0.338 e. The molecule has 1 unspecified atom stereocenters. The third kappa shape index (κ3) is 4.31. The molecule has 3 rings (SSSR count). The summed E-state index contributed by atoms with van der Waals surface area (Å²) in [6.07, 6.45) is 0. The average molecular weight is 370 g/mol. The van der Waals surface area contributed by atoms with Crippen LogP contribution in [0.15, 0.2) is 35.3 Å². The minimum Gasteiger partial charge on any atom is -0.478 e. The summed E-state index contributed by atoms with van der Waals surface area (Å²) in [7, 11) is 0. The number of carboxylic acid groups (broad SMARTS) is 1. The maximum atomic E-state index is 12.3. The fourth-order valence-corrected chi connectivity index (χ4v) is 2.51. The van der Waals surface area contributed by atoms with Crippen LogP contribution in [0.25, 0.3) is 10.9 Å². The molecule has 144 valence electrons. The van der Waals surface area contributed by atoms with E-state index < -0.39 is 11.5 Å². The largest absolute Gasteiger partial charge is 0.478 e. The Hall–Kier alpha value is -2.80. The van der Waals surface area contributed by atoms with Gasteiger partial charge in [-0.15, -0.1) is 0 Å². The second kappa shape index (κ2) is 7.84. The highest BCUT2D eigenvalue weighted by Crippen LogP contribution is 2.28. The monoisotopic (exact) mass is 370 g/mol. The number of carbonyl (C=O) groups excluding carboxylic acids is 1. The molecular formula is C20H26N4O3. The zero-order valence-electron chi connectivity index (χ0n) is 16.3. The van der Waals surface area contributed by atoms with Crippen LogP contribution in [0.3, 0.4) is 0 Å². The number of aliphatic imine (C=N–C) groups is 1. The molecule has 1 atom stereocenters. The molecule has 2 aromatic rings. The van der Waals surface area contributed by atoms with Gasteiger partial charge in [-0.1, -0.05) is 45.9 Å². The van der Waals surface area contributed by atoms with E-state index in [0.717, 1.165) is 5.39 Å².